The number of carbonyl (C=O) groups is 1. The van der Waals surface area contributed by atoms with Gasteiger partial charge in [-0.15, -0.1) is 0 Å². The van der Waals surface area contributed by atoms with Crippen LogP contribution in [0.5, 0.6) is 0 Å². The van der Waals surface area contributed by atoms with Crippen molar-refractivity contribution in [1.82, 2.24) is 9.88 Å². The van der Waals surface area contributed by atoms with Crippen LogP contribution in [0, 0.1) is 17.6 Å². The summed E-state index contributed by atoms with van der Waals surface area (Å²) in [5.41, 5.74) is 1.21. The molecule has 0 radical (unpaired) electrons. The molecule has 132 valence electrons. The number of hydrogen-bond donors (Lipinski definition) is 1. The molecule has 1 aliphatic rings. The molecule has 4 nitrogen and oxygen atoms in total. The summed E-state index contributed by atoms with van der Waals surface area (Å²) in [6.45, 7) is 0.829. The molecule has 25 heavy (non-hydrogen) atoms. The van der Waals surface area contributed by atoms with Crippen LogP contribution in [0.25, 0.3) is 0 Å². The highest BCUT2D eigenvalue weighted by Gasteiger charge is 2.47. The zero-order valence-corrected chi connectivity index (χ0v) is 13.7. The second-order valence-corrected chi connectivity index (χ2v) is 6.28. The summed E-state index contributed by atoms with van der Waals surface area (Å²) in [6.07, 6.45) is 4.31. The third kappa shape index (κ3) is 4.02. The van der Waals surface area contributed by atoms with Crippen LogP contribution < -0.4 is 0 Å². The predicted octanol–water partition coefficient (Wildman–Crippen LogP) is 2.87. The monoisotopic (exact) mass is 346 g/mol. The lowest BCUT2D eigenvalue weighted by Gasteiger charge is -2.23. The van der Waals surface area contributed by atoms with Gasteiger partial charge in [0.2, 0.25) is 5.91 Å². The first-order valence-electron chi connectivity index (χ1n) is 8.34. The number of aliphatic hydroxyl groups is 1. The van der Waals surface area contributed by atoms with Crippen LogP contribution >= 0.6 is 0 Å². The summed E-state index contributed by atoms with van der Waals surface area (Å²) in [4.78, 5) is 18.4. The minimum absolute atomic E-state index is 0.00720. The van der Waals surface area contributed by atoms with Gasteiger partial charge in [0.05, 0.1) is 0 Å². The Morgan fingerprint density at radius 3 is 2.72 bits per heavy atom. The fourth-order valence-corrected chi connectivity index (χ4v) is 3.09. The number of aromatic nitrogens is 1. The van der Waals surface area contributed by atoms with E-state index in [-0.39, 0.29) is 29.9 Å². The van der Waals surface area contributed by atoms with E-state index in [0.29, 0.717) is 25.9 Å². The molecule has 6 heteroatoms. The van der Waals surface area contributed by atoms with Crippen molar-refractivity contribution in [3.63, 3.8) is 0 Å². The Bertz CT molecular complexity index is 739. The molecule has 1 aromatic carbocycles. The molecule has 1 aromatic heterocycles. The Kier molecular flexibility index (Phi) is 5.38. The SMILES string of the molecule is O=C([C@H]1C[C@@H]1c1cccc(F)c1F)N(CCCO)Cc1ccncc1. The molecule has 3 rings (SSSR count). The van der Waals surface area contributed by atoms with Crippen LogP contribution in [-0.2, 0) is 11.3 Å². The first kappa shape index (κ1) is 17.5. The van der Waals surface area contributed by atoms with E-state index in [1.54, 1.807) is 17.3 Å². The van der Waals surface area contributed by atoms with Crippen LogP contribution in [0.1, 0.15) is 29.9 Å². The maximum Gasteiger partial charge on any atom is 0.226 e. The van der Waals surface area contributed by atoms with Crippen molar-refractivity contribution in [2.75, 3.05) is 13.2 Å². The van der Waals surface area contributed by atoms with Crippen LogP contribution in [0.15, 0.2) is 42.7 Å². The Morgan fingerprint density at radius 2 is 2.00 bits per heavy atom. The third-order valence-electron chi connectivity index (χ3n) is 4.51. The maximum atomic E-state index is 13.9. The van der Waals surface area contributed by atoms with Gasteiger partial charge >= 0.3 is 0 Å². The molecular formula is C19H20F2N2O2. The van der Waals surface area contributed by atoms with Crippen LogP contribution in [0.3, 0.4) is 0 Å². The molecule has 0 saturated heterocycles. The van der Waals surface area contributed by atoms with Gasteiger partial charge in [0.25, 0.3) is 0 Å². The topological polar surface area (TPSA) is 53.4 Å². The van der Waals surface area contributed by atoms with Gasteiger partial charge in [-0.3, -0.25) is 9.78 Å². The summed E-state index contributed by atoms with van der Waals surface area (Å²) in [7, 11) is 0. The van der Waals surface area contributed by atoms with Gasteiger partial charge in [0.15, 0.2) is 11.6 Å². The van der Waals surface area contributed by atoms with Gasteiger partial charge in [0.1, 0.15) is 0 Å². The van der Waals surface area contributed by atoms with Gasteiger partial charge in [-0.25, -0.2) is 8.78 Å². The van der Waals surface area contributed by atoms with E-state index < -0.39 is 11.6 Å². The van der Waals surface area contributed by atoms with Crippen molar-refractivity contribution in [3.8, 4) is 0 Å². The number of hydrogen-bond acceptors (Lipinski definition) is 3. The van der Waals surface area contributed by atoms with Crippen LogP contribution in [0.2, 0.25) is 0 Å². The van der Waals surface area contributed by atoms with Gasteiger partial charge < -0.3 is 10.0 Å². The number of pyridine rings is 1. The molecule has 1 amide bonds. The first-order valence-corrected chi connectivity index (χ1v) is 8.34. The number of carbonyl (C=O) groups excluding carboxylic acids is 1. The van der Waals surface area contributed by atoms with E-state index in [2.05, 4.69) is 4.98 Å². The molecule has 1 N–H and O–H groups in total. The van der Waals surface area contributed by atoms with Gasteiger partial charge in [-0.2, -0.15) is 0 Å². The van der Waals surface area contributed by atoms with Crippen molar-refractivity contribution in [3.05, 3.63) is 65.5 Å². The quantitative estimate of drug-likeness (QED) is 0.839. The molecule has 0 aliphatic heterocycles. The number of amides is 1. The van der Waals surface area contributed by atoms with Gasteiger partial charge in [0, 0.05) is 38.0 Å². The summed E-state index contributed by atoms with van der Waals surface area (Å²) in [5, 5.41) is 9.07. The first-order chi connectivity index (χ1) is 12.1. The smallest absolute Gasteiger partial charge is 0.226 e. The highest BCUT2D eigenvalue weighted by molar-refractivity contribution is 5.83. The van der Waals surface area contributed by atoms with E-state index in [0.717, 1.165) is 11.6 Å². The summed E-state index contributed by atoms with van der Waals surface area (Å²) < 4.78 is 27.3. The summed E-state index contributed by atoms with van der Waals surface area (Å²) >= 11 is 0. The minimum atomic E-state index is -0.885. The second-order valence-electron chi connectivity index (χ2n) is 6.28. The van der Waals surface area contributed by atoms with Gasteiger partial charge in [-0.05, 0) is 48.1 Å². The van der Waals surface area contributed by atoms with E-state index in [1.165, 1.54) is 12.1 Å². The lowest BCUT2D eigenvalue weighted by atomic mass is 10.1. The van der Waals surface area contributed by atoms with Crippen molar-refractivity contribution in [2.45, 2.75) is 25.3 Å². The van der Waals surface area contributed by atoms with E-state index >= 15 is 0 Å². The van der Waals surface area contributed by atoms with E-state index in [1.807, 2.05) is 12.1 Å². The molecule has 0 bridgehead atoms. The standard InChI is InChI=1S/C19H20F2N2O2/c20-17-4-1-3-14(18(17)21)15-11-16(15)19(25)23(9-2-10-24)12-13-5-7-22-8-6-13/h1,3-8,15-16,24H,2,9-12H2/t15-,16+/m1/s1. The highest BCUT2D eigenvalue weighted by Crippen LogP contribution is 2.49. The third-order valence-corrected chi connectivity index (χ3v) is 4.51. The number of nitrogens with zero attached hydrogens (tertiary/aromatic N) is 2. The normalized spacial score (nSPS) is 18.8. The Labute approximate surface area is 145 Å². The summed E-state index contributed by atoms with van der Waals surface area (Å²) in [6, 6.07) is 7.74. The fraction of sp³-hybridized carbons (Fsp3) is 0.368. The van der Waals surface area contributed by atoms with Gasteiger partial charge in [-0.1, -0.05) is 12.1 Å². The van der Waals surface area contributed by atoms with Crippen molar-refractivity contribution in [1.29, 1.82) is 0 Å². The molecule has 1 fully saturated rings. The number of benzene rings is 1. The Balaban J connectivity index is 1.71. The average molecular weight is 346 g/mol. The fourth-order valence-electron chi connectivity index (χ4n) is 3.09. The highest BCUT2D eigenvalue weighted by atomic mass is 19.2. The number of aliphatic hydroxyl groups excluding tert-OH is 1. The zero-order chi connectivity index (χ0) is 17.8. The molecule has 0 spiro atoms. The Hall–Kier alpha value is -2.34. The lowest BCUT2D eigenvalue weighted by molar-refractivity contribution is -0.133. The van der Waals surface area contributed by atoms with Crippen molar-refractivity contribution in [2.24, 2.45) is 5.92 Å². The van der Waals surface area contributed by atoms with E-state index in [4.69, 9.17) is 5.11 Å². The largest absolute Gasteiger partial charge is 0.396 e. The molecule has 1 aliphatic carbocycles. The number of rotatable bonds is 7. The lowest BCUT2D eigenvalue weighted by Crippen LogP contribution is -2.33. The second kappa shape index (κ2) is 7.70. The van der Waals surface area contributed by atoms with Crippen molar-refractivity contribution >= 4 is 5.91 Å². The van der Waals surface area contributed by atoms with Crippen LogP contribution in [0.4, 0.5) is 8.78 Å². The summed E-state index contributed by atoms with van der Waals surface area (Å²) in [5.74, 6) is -2.45. The average Bonchev–Trinajstić information content (AvgIpc) is 3.42. The number of halogens is 2. The molecule has 0 unspecified atom stereocenters. The molecule has 2 atom stereocenters. The minimum Gasteiger partial charge on any atom is -0.396 e. The maximum absolute atomic E-state index is 13.9. The predicted molar refractivity (Wildman–Crippen MR) is 88.6 cm³/mol. The molecule has 2 aromatic rings. The van der Waals surface area contributed by atoms with Crippen LogP contribution in [-0.4, -0.2) is 34.0 Å². The molecular weight excluding hydrogens is 326 g/mol. The Morgan fingerprint density at radius 1 is 1.24 bits per heavy atom. The molecule has 1 heterocycles. The zero-order valence-electron chi connectivity index (χ0n) is 13.7. The van der Waals surface area contributed by atoms with E-state index in [9.17, 15) is 13.6 Å². The molecule has 1 saturated carbocycles. The van der Waals surface area contributed by atoms with Crippen molar-refractivity contribution < 1.29 is 18.7 Å².